The van der Waals surface area contributed by atoms with Gasteiger partial charge in [-0.25, -0.2) is 0 Å². The average Bonchev–Trinajstić information content (AvgIpc) is 2.82. The molecule has 2 nitrogen and oxygen atoms in total. The van der Waals surface area contributed by atoms with Crippen LogP contribution in [0.15, 0.2) is 12.1 Å². The molecule has 0 amide bonds. The van der Waals surface area contributed by atoms with Crippen LogP contribution in [-0.2, 0) is 6.42 Å². The zero-order chi connectivity index (χ0) is 15.5. The van der Waals surface area contributed by atoms with Crippen LogP contribution in [-0.4, -0.2) is 16.3 Å². The molecule has 1 aromatic rings. The van der Waals surface area contributed by atoms with Crippen LogP contribution in [0, 0.1) is 29.6 Å². The maximum absolute atomic E-state index is 10.4. The van der Waals surface area contributed by atoms with E-state index in [0.29, 0.717) is 23.3 Å². The number of benzene rings is 1. The zero-order valence-electron chi connectivity index (χ0n) is 13.2. The maximum atomic E-state index is 10.4. The molecule has 0 saturated heterocycles. The number of aryl methyl sites for hydroxylation is 1. The van der Waals surface area contributed by atoms with Gasteiger partial charge < -0.3 is 10.2 Å². The van der Waals surface area contributed by atoms with Gasteiger partial charge in [-0.05, 0) is 85.0 Å². The first-order valence-corrected chi connectivity index (χ1v) is 8.55. The van der Waals surface area contributed by atoms with Crippen LogP contribution in [0.5, 0.6) is 5.75 Å². The summed E-state index contributed by atoms with van der Waals surface area (Å²) in [5, 5.41) is 20.4. The molecule has 0 bridgehead atoms. The SMILES string of the molecule is C#Cc1cc2c(cc1O)CC[C@@H]1[C@@H]2CC[C@]2(C)[C@H](O)CC[C@@H]12. The van der Waals surface area contributed by atoms with E-state index in [2.05, 4.69) is 18.9 Å². The second kappa shape index (κ2) is 4.77. The summed E-state index contributed by atoms with van der Waals surface area (Å²) in [7, 11) is 0. The van der Waals surface area contributed by atoms with Crippen molar-refractivity contribution in [3.05, 3.63) is 28.8 Å². The van der Waals surface area contributed by atoms with Crippen molar-refractivity contribution in [2.75, 3.05) is 0 Å². The highest BCUT2D eigenvalue weighted by atomic mass is 16.3. The van der Waals surface area contributed by atoms with Gasteiger partial charge in [-0.1, -0.05) is 12.8 Å². The van der Waals surface area contributed by atoms with Crippen molar-refractivity contribution in [1.29, 1.82) is 0 Å². The van der Waals surface area contributed by atoms with E-state index < -0.39 is 0 Å². The topological polar surface area (TPSA) is 40.5 Å². The predicted molar refractivity (Wildman–Crippen MR) is 86.7 cm³/mol. The fourth-order valence-electron chi connectivity index (χ4n) is 5.70. The Kier molecular flexibility index (Phi) is 3.07. The number of phenolic OH excluding ortho intramolecular Hbond substituents is 1. The number of terminal acetylenes is 1. The van der Waals surface area contributed by atoms with Gasteiger partial charge in [0.25, 0.3) is 0 Å². The molecule has 3 aliphatic carbocycles. The van der Waals surface area contributed by atoms with E-state index in [9.17, 15) is 10.2 Å². The molecule has 2 fully saturated rings. The van der Waals surface area contributed by atoms with Gasteiger partial charge in [0.1, 0.15) is 5.75 Å². The van der Waals surface area contributed by atoms with E-state index in [0.717, 1.165) is 32.1 Å². The molecule has 116 valence electrons. The van der Waals surface area contributed by atoms with E-state index in [1.54, 1.807) is 0 Å². The Hall–Kier alpha value is -1.46. The van der Waals surface area contributed by atoms with E-state index in [1.165, 1.54) is 17.5 Å². The molecule has 3 aliphatic rings. The molecule has 0 radical (unpaired) electrons. The number of hydrogen-bond donors (Lipinski definition) is 2. The quantitative estimate of drug-likeness (QED) is 0.718. The lowest BCUT2D eigenvalue weighted by Gasteiger charge is -2.50. The van der Waals surface area contributed by atoms with Crippen molar-refractivity contribution in [2.45, 2.75) is 57.5 Å². The van der Waals surface area contributed by atoms with Crippen LogP contribution in [0.1, 0.15) is 61.6 Å². The predicted octanol–water partition coefficient (Wildman–Crippen LogP) is 3.59. The van der Waals surface area contributed by atoms with Crippen LogP contribution in [0.3, 0.4) is 0 Å². The van der Waals surface area contributed by atoms with Gasteiger partial charge in [0.2, 0.25) is 0 Å². The monoisotopic (exact) mass is 296 g/mol. The first-order chi connectivity index (χ1) is 10.5. The summed E-state index contributed by atoms with van der Waals surface area (Å²) in [4.78, 5) is 0. The Morgan fingerprint density at radius 3 is 2.82 bits per heavy atom. The van der Waals surface area contributed by atoms with Crippen LogP contribution >= 0.6 is 0 Å². The summed E-state index contributed by atoms with van der Waals surface area (Å²) in [6.45, 7) is 2.30. The van der Waals surface area contributed by atoms with Crippen molar-refractivity contribution in [2.24, 2.45) is 17.3 Å². The van der Waals surface area contributed by atoms with E-state index in [1.807, 2.05) is 6.07 Å². The van der Waals surface area contributed by atoms with Gasteiger partial charge in [0, 0.05) is 0 Å². The first kappa shape index (κ1) is 14.2. The first-order valence-electron chi connectivity index (χ1n) is 8.55. The van der Waals surface area contributed by atoms with Gasteiger partial charge in [0.05, 0.1) is 11.7 Å². The Bertz CT molecular complexity index is 656. The molecule has 2 heteroatoms. The lowest BCUT2D eigenvalue weighted by Crippen LogP contribution is -2.43. The van der Waals surface area contributed by atoms with Gasteiger partial charge in [-0.3, -0.25) is 0 Å². The third kappa shape index (κ3) is 1.78. The molecule has 0 spiro atoms. The van der Waals surface area contributed by atoms with Crippen LogP contribution < -0.4 is 0 Å². The molecular weight excluding hydrogens is 272 g/mol. The van der Waals surface area contributed by atoms with Gasteiger partial charge >= 0.3 is 0 Å². The Labute approximate surface area is 132 Å². The largest absolute Gasteiger partial charge is 0.507 e. The molecule has 1 aromatic carbocycles. The van der Waals surface area contributed by atoms with Crippen LogP contribution in [0.4, 0.5) is 0 Å². The molecule has 22 heavy (non-hydrogen) atoms. The summed E-state index contributed by atoms with van der Waals surface area (Å²) < 4.78 is 0. The molecule has 0 aliphatic heterocycles. The third-order valence-corrected chi connectivity index (χ3v) is 6.95. The Balaban J connectivity index is 1.74. The summed E-state index contributed by atoms with van der Waals surface area (Å²) in [6.07, 6.45) is 12.0. The third-order valence-electron chi connectivity index (χ3n) is 6.95. The highest BCUT2D eigenvalue weighted by molar-refractivity contribution is 5.51. The Morgan fingerprint density at radius 2 is 2.05 bits per heavy atom. The standard InChI is InChI=1S/C20H24O2/c1-3-12-10-16-13(11-18(12)21)4-5-15-14(16)8-9-20(2)17(15)6-7-19(20)22/h1,10-11,14-15,17,19,21-22H,4-9H2,2H3/t14-,15+,17-,19+,20-/m0/s1. The minimum Gasteiger partial charge on any atom is -0.507 e. The second-order valence-corrected chi connectivity index (χ2v) is 7.77. The average molecular weight is 296 g/mol. The Morgan fingerprint density at radius 1 is 1.23 bits per heavy atom. The normalized spacial score (nSPS) is 39.5. The second-order valence-electron chi connectivity index (χ2n) is 7.77. The fraction of sp³-hybridized carbons (Fsp3) is 0.600. The lowest BCUT2D eigenvalue weighted by atomic mass is 9.55. The summed E-state index contributed by atoms with van der Waals surface area (Å²) in [5.41, 5.74) is 3.38. The van der Waals surface area contributed by atoms with Crippen molar-refractivity contribution in [3.8, 4) is 18.1 Å². The fourth-order valence-corrected chi connectivity index (χ4v) is 5.70. The number of aliphatic hydroxyl groups excluding tert-OH is 1. The molecule has 2 saturated carbocycles. The summed E-state index contributed by atoms with van der Waals surface area (Å²) in [6, 6.07) is 3.94. The highest BCUT2D eigenvalue weighted by Crippen LogP contribution is 2.61. The van der Waals surface area contributed by atoms with Gasteiger partial charge in [-0.15, -0.1) is 6.42 Å². The van der Waals surface area contributed by atoms with Crippen molar-refractivity contribution >= 4 is 0 Å². The number of rotatable bonds is 0. The molecule has 2 N–H and O–H groups in total. The molecular formula is C20H24O2. The van der Waals surface area contributed by atoms with Crippen LogP contribution in [0.2, 0.25) is 0 Å². The van der Waals surface area contributed by atoms with E-state index in [-0.39, 0.29) is 17.3 Å². The zero-order valence-corrected chi connectivity index (χ0v) is 13.2. The number of fused-ring (bicyclic) bond motifs is 5. The van der Waals surface area contributed by atoms with E-state index in [4.69, 9.17) is 6.42 Å². The van der Waals surface area contributed by atoms with Crippen molar-refractivity contribution in [3.63, 3.8) is 0 Å². The molecule has 0 unspecified atom stereocenters. The van der Waals surface area contributed by atoms with Crippen molar-refractivity contribution < 1.29 is 10.2 Å². The van der Waals surface area contributed by atoms with Gasteiger partial charge in [-0.2, -0.15) is 0 Å². The number of aliphatic hydroxyl groups is 1. The summed E-state index contributed by atoms with van der Waals surface area (Å²) in [5.74, 6) is 4.72. The molecule has 5 atom stereocenters. The maximum Gasteiger partial charge on any atom is 0.131 e. The summed E-state index contributed by atoms with van der Waals surface area (Å²) >= 11 is 0. The van der Waals surface area contributed by atoms with Crippen molar-refractivity contribution in [1.82, 2.24) is 0 Å². The minimum absolute atomic E-state index is 0.116. The highest BCUT2D eigenvalue weighted by Gasteiger charge is 2.54. The van der Waals surface area contributed by atoms with Gasteiger partial charge in [0.15, 0.2) is 0 Å². The number of hydrogen-bond acceptors (Lipinski definition) is 2. The number of aromatic hydroxyl groups is 1. The molecule has 4 rings (SSSR count). The van der Waals surface area contributed by atoms with E-state index >= 15 is 0 Å². The smallest absolute Gasteiger partial charge is 0.131 e. The molecule has 0 aromatic heterocycles. The lowest BCUT2D eigenvalue weighted by molar-refractivity contribution is -0.0226. The minimum atomic E-state index is -0.124. The number of phenols is 1. The van der Waals surface area contributed by atoms with Crippen LogP contribution in [0.25, 0.3) is 0 Å². The molecule has 0 heterocycles.